The van der Waals surface area contributed by atoms with Gasteiger partial charge in [-0.25, -0.2) is 18.1 Å². The number of nitrogens with zero attached hydrogens (tertiary/aromatic N) is 2. The SMILES string of the molecule is O=S(=O)(NCc1cn2cc(Cl)ccc2n1)c1cccc(Cl)c1. The molecule has 0 aliphatic rings. The van der Waals surface area contributed by atoms with Gasteiger partial charge in [0, 0.05) is 17.4 Å². The Morgan fingerprint density at radius 2 is 1.91 bits per heavy atom. The van der Waals surface area contributed by atoms with Crippen LogP contribution in [-0.4, -0.2) is 17.8 Å². The number of imidazole rings is 1. The molecule has 2 aromatic heterocycles. The van der Waals surface area contributed by atoms with Gasteiger partial charge in [-0.2, -0.15) is 0 Å². The molecule has 0 atom stereocenters. The van der Waals surface area contributed by atoms with Gasteiger partial charge in [0.25, 0.3) is 0 Å². The number of halogens is 2. The highest BCUT2D eigenvalue weighted by atomic mass is 35.5. The summed E-state index contributed by atoms with van der Waals surface area (Å²) in [4.78, 5) is 4.44. The normalized spacial score (nSPS) is 11.9. The van der Waals surface area contributed by atoms with Gasteiger partial charge in [0.2, 0.25) is 10.0 Å². The molecule has 0 saturated heterocycles. The first-order chi connectivity index (χ1) is 10.4. The minimum Gasteiger partial charge on any atom is -0.305 e. The minimum absolute atomic E-state index is 0.0775. The highest BCUT2D eigenvalue weighted by molar-refractivity contribution is 7.89. The summed E-state index contributed by atoms with van der Waals surface area (Å²) in [7, 11) is -3.64. The van der Waals surface area contributed by atoms with E-state index in [0.29, 0.717) is 21.4 Å². The number of nitrogens with one attached hydrogen (secondary N) is 1. The van der Waals surface area contributed by atoms with Gasteiger partial charge in [-0.05, 0) is 30.3 Å². The molecule has 0 amide bonds. The summed E-state index contributed by atoms with van der Waals surface area (Å²) in [5, 5.41) is 0.946. The standard InChI is InChI=1S/C14H11Cl2N3O2S/c15-10-2-1-3-13(6-10)22(20,21)17-7-12-9-19-8-11(16)4-5-14(19)18-12/h1-6,8-9,17H,7H2. The molecule has 8 heteroatoms. The van der Waals surface area contributed by atoms with Crippen LogP contribution in [-0.2, 0) is 16.6 Å². The molecule has 114 valence electrons. The van der Waals surface area contributed by atoms with Crippen molar-refractivity contribution >= 4 is 38.9 Å². The topological polar surface area (TPSA) is 63.5 Å². The molecule has 22 heavy (non-hydrogen) atoms. The summed E-state index contributed by atoms with van der Waals surface area (Å²) in [6, 6.07) is 9.57. The minimum atomic E-state index is -3.64. The fourth-order valence-electron chi connectivity index (χ4n) is 1.99. The molecule has 0 unspecified atom stereocenters. The number of aromatic nitrogens is 2. The Morgan fingerprint density at radius 1 is 1.09 bits per heavy atom. The number of hydrogen-bond donors (Lipinski definition) is 1. The zero-order valence-corrected chi connectivity index (χ0v) is 13.5. The van der Waals surface area contributed by atoms with Gasteiger partial charge in [-0.3, -0.25) is 0 Å². The second kappa shape index (κ2) is 5.89. The van der Waals surface area contributed by atoms with Crippen LogP contribution in [0.3, 0.4) is 0 Å². The van der Waals surface area contributed by atoms with E-state index in [2.05, 4.69) is 9.71 Å². The molecule has 0 spiro atoms. The Hall–Kier alpha value is -1.60. The van der Waals surface area contributed by atoms with E-state index in [4.69, 9.17) is 23.2 Å². The quantitative estimate of drug-likeness (QED) is 0.781. The molecule has 3 aromatic rings. The summed E-state index contributed by atoms with van der Waals surface area (Å²) in [6.45, 7) is 0.0775. The molecular formula is C14H11Cl2N3O2S. The third-order valence-corrected chi connectivity index (χ3v) is 4.87. The molecule has 0 saturated carbocycles. The lowest BCUT2D eigenvalue weighted by atomic mass is 10.4. The third kappa shape index (κ3) is 3.25. The Bertz CT molecular complexity index is 938. The van der Waals surface area contributed by atoms with E-state index in [0.717, 1.165) is 0 Å². The molecule has 0 bridgehead atoms. The van der Waals surface area contributed by atoms with Crippen LogP contribution in [0, 0.1) is 0 Å². The monoisotopic (exact) mass is 355 g/mol. The molecule has 3 rings (SSSR count). The van der Waals surface area contributed by atoms with E-state index in [1.807, 2.05) is 0 Å². The van der Waals surface area contributed by atoms with Gasteiger partial charge in [0.05, 0.1) is 22.2 Å². The highest BCUT2D eigenvalue weighted by Crippen LogP contribution is 2.16. The number of rotatable bonds is 4. The molecule has 2 heterocycles. The van der Waals surface area contributed by atoms with Crippen molar-refractivity contribution in [1.29, 1.82) is 0 Å². The lowest BCUT2D eigenvalue weighted by Crippen LogP contribution is -2.23. The Morgan fingerprint density at radius 3 is 2.68 bits per heavy atom. The van der Waals surface area contributed by atoms with Gasteiger partial charge >= 0.3 is 0 Å². The van der Waals surface area contributed by atoms with E-state index in [1.54, 1.807) is 41.1 Å². The summed E-state index contributed by atoms with van der Waals surface area (Å²) < 4.78 is 28.6. The van der Waals surface area contributed by atoms with Crippen molar-refractivity contribution in [2.45, 2.75) is 11.4 Å². The molecule has 0 fully saturated rings. The summed E-state index contributed by atoms with van der Waals surface area (Å²) in [5.74, 6) is 0. The predicted octanol–water partition coefficient (Wildman–Crippen LogP) is 3.12. The van der Waals surface area contributed by atoms with Gasteiger partial charge in [0.1, 0.15) is 5.65 Å². The van der Waals surface area contributed by atoms with Crippen molar-refractivity contribution in [2.24, 2.45) is 0 Å². The van der Waals surface area contributed by atoms with Crippen LogP contribution in [0.2, 0.25) is 10.0 Å². The molecule has 1 N–H and O–H groups in total. The second-order valence-electron chi connectivity index (χ2n) is 4.63. The highest BCUT2D eigenvalue weighted by Gasteiger charge is 2.14. The Labute approximate surface area is 137 Å². The molecule has 5 nitrogen and oxygen atoms in total. The molecule has 1 aromatic carbocycles. The average molecular weight is 356 g/mol. The van der Waals surface area contributed by atoms with E-state index < -0.39 is 10.0 Å². The second-order valence-corrected chi connectivity index (χ2v) is 7.27. The Balaban J connectivity index is 1.81. The van der Waals surface area contributed by atoms with E-state index in [9.17, 15) is 8.42 Å². The van der Waals surface area contributed by atoms with Gasteiger partial charge in [0.15, 0.2) is 0 Å². The molecule has 0 aliphatic heterocycles. The smallest absolute Gasteiger partial charge is 0.240 e. The first-order valence-electron chi connectivity index (χ1n) is 6.32. The fourth-order valence-corrected chi connectivity index (χ4v) is 3.46. The number of fused-ring (bicyclic) bond motifs is 1. The molecule has 0 aliphatic carbocycles. The first-order valence-corrected chi connectivity index (χ1v) is 8.56. The lowest BCUT2D eigenvalue weighted by Gasteiger charge is -2.05. The lowest BCUT2D eigenvalue weighted by molar-refractivity contribution is 0.580. The van der Waals surface area contributed by atoms with Gasteiger partial charge in [-0.15, -0.1) is 0 Å². The zero-order chi connectivity index (χ0) is 15.7. The molecule has 0 radical (unpaired) electrons. The predicted molar refractivity (Wildman–Crippen MR) is 85.7 cm³/mol. The maximum absolute atomic E-state index is 12.2. The van der Waals surface area contributed by atoms with Crippen LogP contribution < -0.4 is 4.72 Å². The third-order valence-electron chi connectivity index (χ3n) is 3.01. The average Bonchev–Trinajstić information content (AvgIpc) is 2.87. The number of pyridine rings is 1. The van der Waals surface area contributed by atoms with Crippen LogP contribution in [0.25, 0.3) is 5.65 Å². The van der Waals surface area contributed by atoms with Crippen molar-refractivity contribution < 1.29 is 8.42 Å². The van der Waals surface area contributed by atoms with Gasteiger partial charge < -0.3 is 4.40 Å². The van der Waals surface area contributed by atoms with E-state index in [1.165, 1.54) is 12.1 Å². The van der Waals surface area contributed by atoms with Crippen LogP contribution in [0.4, 0.5) is 0 Å². The maximum atomic E-state index is 12.2. The van der Waals surface area contributed by atoms with E-state index in [-0.39, 0.29) is 11.4 Å². The zero-order valence-electron chi connectivity index (χ0n) is 11.2. The van der Waals surface area contributed by atoms with Crippen LogP contribution in [0.5, 0.6) is 0 Å². The number of benzene rings is 1. The number of sulfonamides is 1. The van der Waals surface area contributed by atoms with Crippen LogP contribution >= 0.6 is 23.2 Å². The van der Waals surface area contributed by atoms with Crippen molar-refractivity contribution in [3.05, 3.63) is 64.5 Å². The summed E-state index contributed by atoms with van der Waals surface area (Å²) >= 11 is 11.7. The number of hydrogen-bond acceptors (Lipinski definition) is 3. The van der Waals surface area contributed by atoms with Crippen molar-refractivity contribution in [1.82, 2.24) is 14.1 Å². The van der Waals surface area contributed by atoms with Crippen LogP contribution in [0.15, 0.2) is 53.7 Å². The van der Waals surface area contributed by atoms with Crippen LogP contribution in [0.1, 0.15) is 5.69 Å². The van der Waals surface area contributed by atoms with E-state index >= 15 is 0 Å². The largest absolute Gasteiger partial charge is 0.305 e. The maximum Gasteiger partial charge on any atom is 0.240 e. The van der Waals surface area contributed by atoms with Crippen molar-refractivity contribution in [2.75, 3.05) is 0 Å². The first kappa shape index (κ1) is 15.3. The fraction of sp³-hybridized carbons (Fsp3) is 0.0714. The summed E-state index contributed by atoms with van der Waals surface area (Å²) in [6.07, 6.45) is 3.43. The summed E-state index contributed by atoms with van der Waals surface area (Å²) in [5.41, 5.74) is 1.29. The van der Waals surface area contributed by atoms with Crippen molar-refractivity contribution in [3.8, 4) is 0 Å². The Kier molecular flexibility index (Phi) is 4.10. The van der Waals surface area contributed by atoms with Crippen molar-refractivity contribution in [3.63, 3.8) is 0 Å². The van der Waals surface area contributed by atoms with Gasteiger partial charge in [-0.1, -0.05) is 29.3 Å². The molecular weight excluding hydrogens is 345 g/mol.